The van der Waals surface area contributed by atoms with Gasteiger partial charge in [-0.3, -0.25) is 0 Å². The third kappa shape index (κ3) is 9.42. The smallest absolute Gasteiger partial charge is 0.135 e. The van der Waals surface area contributed by atoms with Gasteiger partial charge in [-0.1, -0.05) is 187 Å². The van der Waals surface area contributed by atoms with E-state index in [0.29, 0.717) is 11.5 Å². The zero-order valence-corrected chi connectivity index (χ0v) is 46.5. The molecule has 1 aliphatic rings. The van der Waals surface area contributed by atoms with Gasteiger partial charge in [0.2, 0.25) is 0 Å². The number of hydrogen-bond donors (Lipinski definition) is 0. The first kappa shape index (κ1) is 50.5. The average molecular weight is 1130 g/mol. The van der Waals surface area contributed by atoms with Crippen molar-refractivity contribution in [1.29, 1.82) is 0 Å². The normalized spacial score (nSPS) is 13.4. The topological polar surface area (TPSA) is 33.5 Å². The molecule has 0 bridgehead atoms. The van der Waals surface area contributed by atoms with Crippen LogP contribution in [0.3, 0.4) is 0 Å². The molecule has 0 radical (unpaired) electrons. The molecular formula is C66H67N4OPt-3. The summed E-state index contributed by atoms with van der Waals surface area (Å²) in [5.41, 5.74) is 13.9. The van der Waals surface area contributed by atoms with Crippen molar-refractivity contribution in [2.24, 2.45) is 0 Å². The summed E-state index contributed by atoms with van der Waals surface area (Å²) in [5.74, 6) is 2.05. The summed E-state index contributed by atoms with van der Waals surface area (Å²) in [6.07, 6.45) is 1.93. The van der Waals surface area contributed by atoms with Gasteiger partial charge in [0.1, 0.15) is 5.82 Å². The first-order valence-corrected chi connectivity index (χ1v) is 25.1. The third-order valence-electron chi connectivity index (χ3n) is 14.8. The molecule has 3 heterocycles. The number of pyridine rings is 1. The molecule has 0 saturated carbocycles. The second-order valence-corrected chi connectivity index (χ2v) is 23.6. The predicted octanol–water partition coefficient (Wildman–Crippen LogP) is 17.5. The predicted molar refractivity (Wildman–Crippen MR) is 297 cm³/mol. The van der Waals surface area contributed by atoms with E-state index in [2.05, 4.69) is 281 Å². The van der Waals surface area contributed by atoms with Crippen LogP contribution in [-0.4, -0.2) is 9.55 Å². The third-order valence-corrected chi connectivity index (χ3v) is 14.8. The Kier molecular flexibility index (Phi) is 13.0. The van der Waals surface area contributed by atoms with Crippen LogP contribution in [-0.2, 0) is 48.1 Å². The summed E-state index contributed by atoms with van der Waals surface area (Å²) in [6.45, 7) is 31.8. The quantitative estimate of drug-likeness (QED) is 0.135. The molecule has 0 unspecified atom stereocenters. The van der Waals surface area contributed by atoms with Crippen molar-refractivity contribution in [3.63, 3.8) is 0 Å². The van der Waals surface area contributed by atoms with Gasteiger partial charge in [-0.25, -0.2) is 4.98 Å². The molecule has 9 aromatic rings. The van der Waals surface area contributed by atoms with E-state index in [4.69, 9.17) is 9.72 Å². The van der Waals surface area contributed by atoms with Crippen LogP contribution in [0, 0.1) is 18.8 Å². The Hall–Kier alpha value is -6.42. The number of rotatable bonds is 9. The van der Waals surface area contributed by atoms with Crippen molar-refractivity contribution in [2.75, 3.05) is 9.80 Å². The Morgan fingerprint density at radius 1 is 0.444 bits per heavy atom. The number of benzene rings is 7. The Morgan fingerprint density at radius 3 is 1.69 bits per heavy atom. The van der Waals surface area contributed by atoms with Crippen molar-refractivity contribution >= 4 is 44.6 Å². The number of nitrogens with zero attached hydrogens (tertiary/aromatic N) is 4. The molecule has 5 nitrogen and oxygen atoms in total. The van der Waals surface area contributed by atoms with Crippen LogP contribution in [0.15, 0.2) is 164 Å². The van der Waals surface area contributed by atoms with Crippen LogP contribution >= 0.6 is 0 Å². The van der Waals surface area contributed by atoms with Gasteiger partial charge in [0.05, 0.1) is 0 Å². The minimum atomic E-state index is -0.391. The van der Waals surface area contributed by atoms with Gasteiger partial charge < -0.3 is 19.1 Å². The van der Waals surface area contributed by atoms with Crippen LogP contribution in [0.2, 0.25) is 0 Å². The van der Waals surface area contributed by atoms with Gasteiger partial charge in [-0.15, -0.1) is 53.6 Å². The van der Waals surface area contributed by atoms with Crippen molar-refractivity contribution in [2.45, 2.75) is 117 Å². The van der Waals surface area contributed by atoms with E-state index in [-0.39, 0.29) is 42.7 Å². The fraction of sp³-hybridized carbons (Fsp3) is 0.273. The van der Waals surface area contributed by atoms with E-state index in [0.717, 1.165) is 55.9 Å². The fourth-order valence-electron chi connectivity index (χ4n) is 10.0. The molecule has 1 aliphatic heterocycles. The molecule has 2 aromatic heterocycles. The van der Waals surface area contributed by atoms with E-state index in [1.54, 1.807) is 0 Å². The maximum atomic E-state index is 7.09. The monoisotopic (exact) mass is 1130 g/mol. The molecule has 0 amide bonds. The van der Waals surface area contributed by atoms with Crippen molar-refractivity contribution < 1.29 is 25.8 Å². The van der Waals surface area contributed by atoms with Gasteiger partial charge in [0.25, 0.3) is 0 Å². The van der Waals surface area contributed by atoms with Crippen LogP contribution in [0.4, 0.5) is 22.7 Å². The Bertz CT molecular complexity index is 3440. The van der Waals surface area contributed by atoms with Gasteiger partial charge >= 0.3 is 0 Å². The molecule has 0 fully saturated rings. The molecule has 10 rings (SSSR count). The number of ether oxygens (including phenoxy) is 1. The first-order valence-electron chi connectivity index (χ1n) is 25.1. The Balaban J connectivity index is 0.00000640. The largest absolute Gasteiger partial charge is 0.509 e. The zero-order valence-electron chi connectivity index (χ0n) is 44.2. The fourth-order valence-corrected chi connectivity index (χ4v) is 10.0. The first-order chi connectivity index (χ1) is 33.6. The molecule has 0 N–H and O–H groups in total. The molecule has 72 heavy (non-hydrogen) atoms. The summed E-state index contributed by atoms with van der Waals surface area (Å²) in [6, 6.07) is 64.8. The second-order valence-electron chi connectivity index (χ2n) is 23.6. The van der Waals surface area contributed by atoms with E-state index in [1.165, 1.54) is 33.4 Å². The summed E-state index contributed by atoms with van der Waals surface area (Å²) < 4.78 is 9.34. The van der Waals surface area contributed by atoms with Crippen LogP contribution < -0.4 is 14.5 Å². The summed E-state index contributed by atoms with van der Waals surface area (Å²) in [7, 11) is 0. The molecule has 0 atom stereocenters. The molecule has 7 aromatic carbocycles. The molecule has 6 heteroatoms. The maximum Gasteiger partial charge on any atom is 0.135 e. The van der Waals surface area contributed by atoms with Crippen LogP contribution in [0.5, 0.6) is 11.5 Å². The van der Waals surface area contributed by atoms with E-state index in [9.17, 15) is 0 Å². The molecule has 370 valence electrons. The van der Waals surface area contributed by atoms with Gasteiger partial charge in [-0.05, 0) is 103 Å². The molecule has 0 spiro atoms. The minimum absolute atomic E-state index is 0. The van der Waals surface area contributed by atoms with Crippen LogP contribution in [0.1, 0.15) is 129 Å². The maximum absolute atomic E-state index is 7.09. The molecule has 0 aliphatic carbocycles. The molecular weight excluding hydrogens is 1060 g/mol. The molecule has 0 saturated heterocycles. The Labute approximate surface area is 443 Å². The summed E-state index contributed by atoms with van der Waals surface area (Å²) >= 11 is 0. The number of aromatic nitrogens is 2. The zero-order chi connectivity index (χ0) is 50.3. The Morgan fingerprint density at radius 2 is 1.04 bits per heavy atom. The van der Waals surface area contributed by atoms with E-state index < -0.39 is 5.41 Å². The minimum Gasteiger partial charge on any atom is -0.509 e. The van der Waals surface area contributed by atoms with Crippen molar-refractivity contribution in [3.8, 4) is 17.3 Å². The standard InChI is InChI=1S/C66H67N4O.Pt/c1-62(2,3)46-25-20-26-51(35-46)68-43-69(60-39-49(28-32-58(60)68)65(10,11)44-21-16-14-17-22-44)52-36-50(66(12,13)45-23-18-15-19-24-45)37-54(41-52)71-53-29-30-55-56-38-47(63(4,5)6)27-31-57(56)70(59(55)42-53)61-40-48(33-34-67-61)64(7,8)9;/h14-40,43H,1-13H3;/q-3;. The van der Waals surface area contributed by atoms with Gasteiger partial charge in [0.15, 0.2) is 0 Å². The van der Waals surface area contributed by atoms with E-state index in [1.807, 2.05) is 6.20 Å². The van der Waals surface area contributed by atoms with Crippen molar-refractivity contribution in [1.82, 2.24) is 9.55 Å². The SMILES string of the molecule is CC(C)(C)c1cccc(N2[CH-]N(c3[c-]c(Oc4[c-]c5c(cc4)c4cc(C(C)(C)C)ccc4n5-c4cc(C(C)(C)C)ccn4)cc(C(C)(C)c4ccccc4)c3)c3cc(C(C)(C)c4ccccc4)ccc32)c1.[Pt]. The number of fused-ring (bicyclic) bond motifs is 4. The van der Waals surface area contributed by atoms with Crippen molar-refractivity contribution in [3.05, 3.63) is 222 Å². The summed E-state index contributed by atoms with van der Waals surface area (Å²) in [5, 5.41) is 2.26. The second kappa shape index (κ2) is 18.6. The van der Waals surface area contributed by atoms with Gasteiger partial charge in [0, 0.05) is 66.8 Å². The van der Waals surface area contributed by atoms with Gasteiger partial charge in [-0.2, -0.15) is 6.07 Å². The van der Waals surface area contributed by atoms with Crippen LogP contribution in [0.25, 0.3) is 27.6 Å². The summed E-state index contributed by atoms with van der Waals surface area (Å²) in [4.78, 5) is 9.61. The van der Waals surface area contributed by atoms with E-state index >= 15 is 0 Å². The number of hydrogen-bond acceptors (Lipinski definition) is 4. The number of anilines is 4. The average Bonchev–Trinajstić information content (AvgIpc) is 3.89.